The Hall–Kier alpha value is -1.49. The molecule has 0 amide bonds. The molecule has 0 spiro atoms. The molecule has 0 atom stereocenters. The Morgan fingerprint density at radius 2 is 1.76 bits per heavy atom. The van der Waals surface area contributed by atoms with E-state index in [1.807, 2.05) is 0 Å². The molecule has 0 saturated carbocycles. The zero-order chi connectivity index (χ0) is 12.6. The fourth-order valence-corrected chi connectivity index (χ4v) is 1.61. The molecule has 0 aliphatic carbocycles. The molecule has 0 fully saturated rings. The van der Waals surface area contributed by atoms with E-state index in [2.05, 4.69) is 9.97 Å². The molecular formula is C11H8ClF3N2. The smallest absolute Gasteiger partial charge is 0.338 e. The Bertz CT molecular complexity index is 529. The van der Waals surface area contributed by atoms with Gasteiger partial charge in [-0.3, -0.25) is 0 Å². The van der Waals surface area contributed by atoms with Gasteiger partial charge in [0.25, 0.3) is 0 Å². The van der Waals surface area contributed by atoms with Crippen molar-refractivity contribution in [3.05, 3.63) is 40.8 Å². The molecule has 2 aromatic rings. The van der Waals surface area contributed by atoms with Crippen molar-refractivity contribution in [2.45, 2.75) is 13.1 Å². The molecule has 0 aliphatic heterocycles. The van der Waals surface area contributed by atoms with Crippen molar-refractivity contribution in [3.8, 4) is 11.3 Å². The average molecular weight is 261 g/mol. The zero-order valence-corrected chi connectivity index (χ0v) is 9.52. The summed E-state index contributed by atoms with van der Waals surface area (Å²) in [5.41, 5.74) is 1.26. The molecular weight excluding hydrogens is 253 g/mol. The van der Waals surface area contributed by atoms with Crippen LogP contribution in [0.15, 0.2) is 24.3 Å². The van der Waals surface area contributed by atoms with Gasteiger partial charge in [0.1, 0.15) is 0 Å². The summed E-state index contributed by atoms with van der Waals surface area (Å²) >= 11 is 5.71. The van der Waals surface area contributed by atoms with Crippen LogP contribution < -0.4 is 0 Å². The van der Waals surface area contributed by atoms with E-state index in [-0.39, 0.29) is 5.69 Å². The van der Waals surface area contributed by atoms with E-state index in [1.54, 1.807) is 31.2 Å². The lowest BCUT2D eigenvalue weighted by atomic mass is 10.1. The lowest BCUT2D eigenvalue weighted by molar-refractivity contribution is -0.144. The summed E-state index contributed by atoms with van der Waals surface area (Å²) in [5, 5.41) is 0.526. The second-order valence-corrected chi connectivity index (χ2v) is 4.00. The highest BCUT2D eigenvalue weighted by Crippen LogP contribution is 2.31. The number of aromatic amines is 1. The van der Waals surface area contributed by atoms with Gasteiger partial charge in [-0.25, -0.2) is 4.98 Å². The number of alkyl halides is 3. The van der Waals surface area contributed by atoms with Gasteiger partial charge in [-0.05, 0) is 19.1 Å². The lowest BCUT2D eigenvalue weighted by Gasteiger charge is -2.00. The van der Waals surface area contributed by atoms with Gasteiger partial charge in [0.2, 0.25) is 5.82 Å². The first kappa shape index (κ1) is 12.0. The van der Waals surface area contributed by atoms with Gasteiger partial charge in [0.15, 0.2) is 0 Å². The molecule has 0 bridgehead atoms. The fraction of sp³-hybridized carbons (Fsp3) is 0.182. The van der Waals surface area contributed by atoms with Crippen LogP contribution in [-0.4, -0.2) is 9.97 Å². The van der Waals surface area contributed by atoms with Gasteiger partial charge in [0, 0.05) is 16.3 Å². The van der Waals surface area contributed by atoms with Crippen LogP contribution in [0.1, 0.15) is 11.5 Å². The minimum atomic E-state index is -4.46. The summed E-state index contributed by atoms with van der Waals surface area (Å²) in [6.45, 7) is 1.55. The Kier molecular flexibility index (Phi) is 2.87. The fourth-order valence-electron chi connectivity index (χ4n) is 1.48. The summed E-state index contributed by atoms with van der Waals surface area (Å²) < 4.78 is 37.3. The highest BCUT2D eigenvalue weighted by Gasteiger charge is 2.35. The molecule has 90 valence electrons. The predicted molar refractivity (Wildman–Crippen MR) is 58.8 cm³/mol. The van der Waals surface area contributed by atoms with Crippen molar-refractivity contribution in [1.82, 2.24) is 9.97 Å². The Morgan fingerprint density at radius 3 is 2.24 bits per heavy atom. The molecule has 0 saturated heterocycles. The van der Waals surface area contributed by atoms with Crippen molar-refractivity contribution in [3.63, 3.8) is 0 Å². The van der Waals surface area contributed by atoms with Gasteiger partial charge < -0.3 is 4.98 Å². The topological polar surface area (TPSA) is 28.7 Å². The van der Waals surface area contributed by atoms with Gasteiger partial charge in [-0.2, -0.15) is 13.2 Å². The second-order valence-electron chi connectivity index (χ2n) is 3.56. The molecule has 1 aromatic heterocycles. The maximum absolute atomic E-state index is 12.4. The quantitative estimate of drug-likeness (QED) is 0.823. The normalized spacial score (nSPS) is 11.8. The van der Waals surface area contributed by atoms with Crippen LogP contribution in [0.5, 0.6) is 0 Å². The van der Waals surface area contributed by atoms with Crippen molar-refractivity contribution < 1.29 is 13.2 Å². The summed E-state index contributed by atoms with van der Waals surface area (Å²) in [7, 11) is 0. The lowest BCUT2D eigenvalue weighted by Crippen LogP contribution is -2.07. The van der Waals surface area contributed by atoms with Crippen LogP contribution in [0.2, 0.25) is 5.02 Å². The molecule has 0 aliphatic rings. The average Bonchev–Trinajstić information content (AvgIpc) is 2.61. The van der Waals surface area contributed by atoms with Gasteiger partial charge >= 0.3 is 6.18 Å². The number of halogens is 4. The predicted octanol–water partition coefficient (Wildman–Crippen LogP) is 4.06. The van der Waals surface area contributed by atoms with E-state index in [4.69, 9.17) is 11.6 Å². The van der Waals surface area contributed by atoms with Crippen LogP contribution >= 0.6 is 11.6 Å². The summed E-state index contributed by atoms with van der Waals surface area (Å²) in [6, 6.07) is 6.48. The zero-order valence-electron chi connectivity index (χ0n) is 8.77. The number of imidazole rings is 1. The van der Waals surface area contributed by atoms with Crippen molar-refractivity contribution in [1.29, 1.82) is 0 Å². The third-order valence-electron chi connectivity index (χ3n) is 2.27. The number of hydrogen-bond donors (Lipinski definition) is 1. The molecule has 1 N–H and O–H groups in total. The number of H-pyrrole nitrogens is 1. The summed E-state index contributed by atoms with van der Waals surface area (Å²) in [4.78, 5) is 5.79. The Morgan fingerprint density at radius 1 is 1.18 bits per heavy atom. The van der Waals surface area contributed by atoms with E-state index in [0.717, 1.165) is 0 Å². The second kappa shape index (κ2) is 4.07. The number of nitrogens with one attached hydrogen (secondary N) is 1. The molecule has 2 nitrogen and oxygen atoms in total. The first-order chi connectivity index (χ1) is 7.88. The minimum Gasteiger partial charge on any atom is -0.338 e. The molecule has 0 unspecified atom stereocenters. The van der Waals surface area contributed by atoms with E-state index in [0.29, 0.717) is 16.3 Å². The maximum Gasteiger partial charge on any atom is 0.449 e. The molecule has 6 heteroatoms. The first-order valence-electron chi connectivity index (χ1n) is 4.77. The van der Waals surface area contributed by atoms with Crippen molar-refractivity contribution in [2.24, 2.45) is 0 Å². The minimum absolute atomic E-state index is 0.286. The molecule has 17 heavy (non-hydrogen) atoms. The highest BCUT2D eigenvalue weighted by atomic mass is 35.5. The van der Waals surface area contributed by atoms with Gasteiger partial charge in [0.05, 0.1) is 5.69 Å². The summed E-state index contributed by atoms with van der Waals surface area (Å²) in [5.74, 6) is -0.986. The molecule has 1 heterocycles. The number of hydrogen-bond acceptors (Lipinski definition) is 1. The van der Waals surface area contributed by atoms with Crippen LogP contribution in [0.25, 0.3) is 11.3 Å². The Balaban J connectivity index is 2.46. The van der Waals surface area contributed by atoms with E-state index < -0.39 is 12.0 Å². The largest absolute Gasteiger partial charge is 0.449 e. The monoisotopic (exact) mass is 260 g/mol. The van der Waals surface area contributed by atoms with Crippen LogP contribution in [0, 0.1) is 6.92 Å². The van der Waals surface area contributed by atoms with Crippen LogP contribution in [-0.2, 0) is 6.18 Å². The van der Waals surface area contributed by atoms with Crippen LogP contribution in [0.3, 0.4) is 0 Å². The number of aryl methyl sites for hydroxylation is 1. The maximum atomic E-state index is 12.4. The van der Waals surface area contributed by atoms with Gasteiger partial charge in [-0.1, -0.05) is 23.7 Å². The summed E-state index contributed by atoms with van der Waals surface area (Å²) in [6.07, 6.45) is -4.46. The van der Waals surface area contributed by atoms with Crippen molar-refractivity contribution >= 4 is 11.6 Å². The van der Waals surface area contributed by atoms with E-state index in [1.165, 1.54) is 0 Å². The van der Waals surface area contributed by atoms with Gasteiger partial charge in [-0.15, -0.1) is 0 Å². The van der Waals surface area contributed by atoms with E-state index in [9.17, 15) is 13.2 Å². The molecule has 1 aromatic carbocycles. The standard InChI is InChI=1S/C11H8ClF3N2/c1-6-9(7-2-4-8(12)5-3-7)17-10(16-6)11(13,14)15/h2-5H,1H3,(H,16,17). The first-order valence-corrected chi connectivity index (χ1v) is 5.15. The van der Waals surface area contributed by atoms with Crippen LogP contribution in [0.4, 0.5) is 13.2 Å². The number of benzene rings is 1. The molecule has 2 rings (SSSR count). The van der Waals surface area contributed by atoms with Crippen molar-refractivity contribution in [2.75, 3.05) is 0 Å². The third kappa shape index (κ3) is 2.44. The number of rotatable bonds is 1. The Labute approximate surface area is 100 Å². The number of nitrogens with zero attached hydrogens (tertiary/aromatic N) is 1. The number of aromatic nitrogens is 2. The molecule has 0 radical (unpaired) electrons. The highest BCUT2D eigenvalue weighted by molar-refractivity contribution is 6.30. The SMILES string of the molecule is Cc1[nH]c(C(F)(F)F)nc1-c1ccc(Cl)cc1. The third-order valence-corrected chi connectivity index (χ3v) is 2.52. The van der Waals surface area contributed by atoms with E-state index >= 15 is 0 Å².